The third kappa shape index (κ3) is 5.70. The smallest absolute Gasteiger partial charge is 0.251 e. The van der Waals surface area contributed by atoms with Crippen LogP contribution in [-0.4, -0.2) is 54.1 Å². The molecule has 2 aromatic carbocycles. The predicted molar refractivity (Wildman–Crippen MR) is 126 cm³/mol. The number of H-pyrrole nitrogens is 1. The molecule has 1 aliphatic heterocycles. The first-order valence-corrected chi connectivity index (χ1v) is 11.5. The molecule has 1 amide bonds. The Labute approximate surface area is 191 Å². The van der Waals surface area contributed by atoms with Gasteiger partial charge < -0.3 is 19.5 Å². The predicted octanol–water partition coefficient (Wildman–Crippen LogP) is 2.96. The molecular weight excluding hydrogens is 424 g/mol. The van der Waals surface area contributed by atoms with Gasteiger partial charge in [0.1, 0.15) is 5.75 Å². The lowest BCUT2D eigenvalue weighted by Crippen LogP contribution is -2.49. The van der Waals surface area contributed by atoms with Crippen LogP contribution in [0.15, 0.2) is 70.6 Å². The standard InChI is InChI=1S/C24H26N4O3S/c1-31-21-9-5-8-20(16-21)27-10-12-28(13-11-27)23(30)15-19-14-22(29)26-24(25-19)32-17-18-6-3-2-4-7-18/h2-9,14,16H,10-13,15,17H2,1H3,(H,25,26,29). The van der Waals surface area contributed by atoms with Gasteiger partial charge in [0.25, 0.3) is 5.56 Å². The summed E-state index contributed by atoms with van der Waals surface area (Å²) in [7, 11) is 1.66. The van der Waals surface area contributed by atoms with E-state index in [1.807, 2.05) is 53.4 Å². The molecule has 1 N–H and O–H groups in total. The Bertz CT molecular complexity index is 1110. The average molecular weight is 451 g/mol. The van der Waals surface area contributed by atoms with E-state index in [0.29, 0.717) is 29.7 Å². The summed E-state index contributed by atoms with van der Waals surface area (Å²) in [6.07, 6.45) is 0.127. The Morgan fingerprint density at radius 1 is 1.06 bits per heavy atom. The first-order chi connectivity index (χ1) is 15.6. The van der Waals surface area contributed by atoms with Crippen LogP contribution in [0.4, 0.5) is 5.69 Å². The summed E-state index contributed by atoms with van der Waals surface area (Å²) < 4.78 is 5.31. The molecule has 32 heavy (non-hydrogen) atoms. The molecular formula is C24H26N4O3S. The largest absolute Gasteiger partial charge is 0.497 e. The highest BCUT2D eigenvalue weighted by molar-refractivity contribution is 7.98. The molecule has 4 rings (SSSR count). The molecule has 0 bridgehead atoms. The van der Waals surface area contributed by atoms with Crippen molar-refractivity contribution in [2.45, 2.75) is 17.3 Å². The van der Waals surface area contributed by atoms with Gasteiger partial charge in [-0.15, -0.1) is 0 Å². The lowest BCUT2D eigenvalue weighted by molar-refractivity contribution is -0.130. The van der Waals surface area contributed by atoms with Gasteiger partial charge >= 0.3 is 0 Å². The van der Waals surface area contributed by atoms with Gasteiger partial charge in [-0.25, -0.2) is 4.98 Å². The molecule has 0 atom stereocenters. The number of anilines is 1. The Balaban J connectivity index is 1.34. The minimum Gasteiger partial charge on any atom is -0.497 e. The SMILES string of the molecule is COc1cccc(N2CCN(C(=O)Cc3cc(=O)[nH]c(SCc4ccccc4)n3)CC2)c1. The Hall–Kier alpha value is -3.26. The molecule has 0 aliphatic carbocycles. The number of piperazine rings is 1. The van der Waals surface area contributed by atoms with Crippen molar-refractivity contribution in [3.05, 3.63) is 82.3 Å². The van der Waals surface area contributed by atoms with Gasteiger partial charge in [-0.1, -0.05) is 48.2 Å². The number of aromatic amines is 1. The number of thioether (sulfide) groups is 1. The van der Waals surface area contributed by atoms with E-state index in [2.05, 4.69) is 20.9 Å². The minimum absolute atomic E-state index is 0.00704. The van der Waals surface area contributed by atoms with E-state index in [9.17, 15) is 9.59 Å². The first-order valence-electron chi connectivity index (χ1n) is 10.5. The third-order valence-electron chi connectivity index (χ3n) is 5.37. The highest BCUT2D eigenvalue weighted by Crippen LogP contribution is 2.22. The fourth-order valence-corrected chi connectivity index (χ4v) is 4.51. The van der Waals surface area contributed by atoms with E-state index >= 15 is 0 Å². The topological polar surface area (TPSA) is 78.5 Å². The molecule has 1 fully saturated rings. The number of amides is 1. The summed E-state index contributed by atoms with van der Waals surface area (Å²) in [5, 5.41) is 0.534. The van der Waals surface area contributed by atoms with Crippen molar-refractivity contribution in [1.29, 1.82) is 0 Å². The molecule has 1 saturated heterocycles. The monoisotopic (exact) mass is 450 g/mol. The van der Waals surface area contributed by atoms with Crippen LogP contribution in [-0.2, 0) is 17.0 Å². The zero-order valence-electron chi connectivity index (χ0n) is 18.0. The van der Waals surface area contributed by atoms with Crippen molar-refractivity contribution >= 4 is 23.4 Å². The molecule has 2 heterocycles. The first kappa shape index (κ1) is 22.0. The van der Waals surface area contributed by atoms with Gasteiger partial charge in [-0.2, -0.15) is 0 Å². The fraction of sp³-hybridized carbons (Fsp3) is 0.292. The quantitative estimate of drug-likeness (QED) is 0.441. The summed E-state index contributed by atoms with van der Waals surface area (Å²) in [6.45, 7) is 2.77. The maximum absolute atomic E-state index is 12.8. The van der Waals surface area contributed by atoms with E-state index < -0.39 is 0 Å². The molecule has 0 unspecified atom stereocenters. The number of nitrogens with zero attached hydrogens (tertiary/aromatic N) is 3. The Kier molecular flexibility index (Phi) is 7.11. The van der Waals surface area contributed by atoms with Crippen molar-refractivity contribution < 1.29 is 9.53 Å². The zero-order valence-corrected chi connectivity index (χ0v) is 18.8. The molecule has 0 saturated carbocycles. The van der Waals surface area contributed by atoms with Crippen LogP contribution < -0.4 is 15.2 Å². The normalized spacial score (nSPS) is 13.8. The van der Waals surface area contributed by atoms with Crippen LogP contribution >= 0.6 is 11.8 Å². The molecule has 0 radical (unpaired) electrons. The summed E-state index contributed by atoms with van der Waals surface area (Å²) >= 11 is 1.46. The second-order valence-electron chi connectivity index (χ2n) is 7.56. The summed E-state index contributed by atoms with van der Waals surface area (Å²) in [6, 6.07) is 19.4. The molecule has 7 nitrogen and oxygen atoms in total. The second-order valence-corrected chi connectivity index (χ2v) is 8.53. The Morgan fingerprint density at radius 2 is 1.84 bits per heavy atom. The van der Waals surface area contributed by atoms with Crippen LogP contribution in [0.1, 0.15) is 11.3 Å². The van der Waals surface area contributed by atoms with Crippen molar-refractivity contribution in [2.24, 2.45) is 0 Å². The van der Waals surface area contributed by atoms with Crippen molar-refractivity contribution in [2.75, 3.05) is 38.2 Å². The van der Waals surface area contributed by atoms with Crippen LogP contribution in [0.2, 0.25) is 0 Å². The number of carbonyl (C=O) groups is 1. The van der Waals surface area contributed by atoms with Crippen molar-refractivity contribution in [3.63, 3.8) is 0 Å². The van der Waals surface area contributed by atoms with Crippen LogP contribution in [0.5, 0.6) is 5.75 Å². The Morgan fingerprint density at radius 3 is 2.59 bits per heavy atom. The van der Waals surface area contributed by atoms with Crippen molar-refractivity contribution in [1.82, 2.24) is 14.9 Å². The lowest BCUT2D eigenvalue weighted by Gasteiger charge is -2.36. The summed E-state index contributed by atoms with van der Waals surface area (Å²) in [4.78, 5) is 36.3. The average Bonchev–Trinajstić information content (AvgIpc) is 2.83. The molecule has 0 spiro atoms. The van der Waals surface area contributed by atoms with Gasteiger partial charge in [-0.05, 0) is 17.7 Å². The number of hydrogen-bond donors (Lipinski definition) is 1. The maximum atomic E-state index is 12.8. The van der Waals surface area contributed by atoms with Gasteiger partial charge in [0.2, 0.25) is 5.91 Å². The number of nitrogens with one attached hydrogen (secondary N) is 1. The van der Waals surface area contributed by atoms with E-state index in [0.717, 1.165) is 30.1 Å². The third-order valence-corrected chi connectivity index (χ3v) is 6.32. The van der Waals surface area contributed by atoms with E-state index in [4.69, 9.17) is 4.74 Å². The number of rotatable bonds is 7. The highest BCUT2D eigenvalue weighted by Gasteiger charge is 2.22. The number of carbonyl (C=O) groups excluding carboxylic acids is 1. The van der Waals surface area contributed by atoms with Gasteiger partial charge in [0.05, 0.1) is 19.2 Å². The summed E-state index contributed by atoms with van der Waals surface area (Å²) in [5.41, 5.74) is 2.51. The number of hydrogen-bond acceptors (Lipinski definition) is 6. The number of methoxy groups -OCH3 is 1. The minimum atomic E-state index is -0.235. The van der Waals surface area contributed by atoms with E-state index in [1.165, 1.54) is 17.8 Å². The second kappa shape index (κ2) is 10.4. The van der Waals surface area contributed by atoms with Gasteiger partial charge in [0.15, 0.2) is 5.16 Å². The lowest BCUT2D eigenvalue weighted by atomic mass is 10.2. The molecule has 3 aromatic rings. The molecule has 1 aliphatic rings. The van der Waals surface area contributed by atoms with Crippen LogP contribution in [0.25, 0.3) is 0 Å². The summed E-state index contributed by atoms with van der Waals surface area (Å²) in [5.74, 6) is 1.52. The molecule has 166 valence electrons. The number of ether oxygens (including phenoxy) is 1. The van der Waals surface area contributed by atoms with Gasteiger partial charge in [-0.3, -0.25) is 9.59 Å². The van der Waals surface area contributed by atoms with Gasteiger partial charge in [0, 0.05) is 49.8 Å². The zero-order chi connectivity index (χ0) is 22.3. The molecule has 8 heteroatoms. The highest BCUT2D eigenvalue weighted by atomic mass is 32.2. The van der Waals surface area contributed by atoms with E-state index in [-0.39, 0.29) is 17.9 Å². The van der Waals surface area contributed by atoms with Crippen molar-refractivity contribution in [3.8, 4) is 5.75 Å². The molecule has 1 aromatic heterocycles. The van der Waals surface area contributed by atoms with Crippen LogP contribution in [0.3, 0.4) is 0 Å². The number of aromatic nitrogens is 2. The maximum Gasteiger partial charge on any atom is 0.251 e. The van der Waals surface area contributed by atoms with E-state index in [1.54, 1.807) is 7.11 Å². The van der Waals surface area contributed by atoms with Crippen LogP contribution in [0, 0.1) is 0 Å². The number of benzene rings is 2. The fourth-order valence-electron chi connectivity index (χ4n) is 3.66.